The normalized spacial score (nSPS) is 11.3. The highest BCUT2D eigenvalue weighted by Crippen LogP contribution is 2.32. The lowest BCUT2D eigenvalue weighted by Crippen LogP contribution is -2.10. The number of hydrogen-bond acceptors (Lipinski definition) is 4. The minimum atomic E-state index is -4.54. The van der Waals surface area contributed by atoms with Gasteiger partial charge in [-0.25, -0.2) is 9.48 Å². The summed E-state index contributed by atoms with van der Waals surface area (Å²) in [5.74, 6) is -0.805. The lowest BCUT2D eigenvalue weighted by molar-refractivity contribution is -0.141. The number of alkyl halides is 3. The summed E-state index contributed by atoms with van der Waals surface area (Å²) in [6.45, 7) is 0.929. The van der Waals surface area contributed by atoms with Gasteiger partial charge >= 0.3 is 12.1 Å². The summed E-state index contributed by atoms with van der Waals surface area (Å²) in [4.78, 5) is 10.5. The summed E-state index contributed by atoms with van der Waals surface area (Å²) in [6, 6.07) is 5.21. The molecule has 0 radical (unpaired) electrons. The van der Waals surface area contributed by atoms with Gasteiger partial charge in [0.05, 0.1) is 12.8 Å². The summed E-state index contributed by atoms with van der Waals surface area (Å²) in [6.07, 6.45) is -4.54. The third kappa shape index (κ3) is 3.74. The topological polar surface area (TPSA) is 73.6 Å². The Hall–Kier alpha value is -2.71. The van der Waals surface area contributed by atoms with Crippen LogP contribution < -0.4 is 9.47 Å². The number of halogens is 3. The minimum Gasteiger partial charge on any atom is -0.493 e. The van der Waals surface area contributed by atoms with Gasteiger partial charge in [0.1, 0.15) is 0 Å². The molecule has 1 aromatic heterocycles. The van der Waals surface area contributed by atoms with Crippen molar-refractivity contribution in [1.29, 1.82) is 0 Å². The molecular weight excluding hydrogens is 317 g/mol. The van der Waals surface area contributed by atoms with E-state index in [9.17, 15) is 18.0 Å². The number of carbonyl (C=O) groups is 1. The molecule has 9 heteroatoms. The van der Waals surface area contributed by atoms with Crippen LogP contribution in [0.1, 0.15) is 11.4 Å². The molecule has 0 spiro atoms. The first-order chi connectivity index (χ1) is 10.7. The highest BCUT2D eigenvalue weighted by molar-refractivity contribution is 5.68. The maximum absolute atomic E-state index is 12.7. The van der Waals surface area contributed by atoms with Crippen LogP contribution >= 0.6 is 0 Å². The van der Waals surface area contributed by atoms with Gasteiger partial charge in [0.2, 0.25) is 0 Å². The Morgan fingerprint density at radius 3 is 2.52 bits per heavy atom. The molecule has 0 saturated heterocycles. The number of benzene rings is 1. The van der Waals surface area contributed by atoms with Crippen LogP contribution in [0.25, 0.3) is 5.69 Å². The van der Waals surface area contributed by atoms with Crippen LogP contribution in [-0.4, -0.2) is 34.6 Å². The Morgan fingerprint density at radius 2 is 2.00 bits per heavy atom. The Bertz CT molecular complexity index is 725. The first-order valence-electron chi connectivity index (χ1n) is 6.39. The van der Waals surface area contributed by atoms with Crippen LogP contribution in [0, 0.1) is 6.92 Å². The molecule has 23 heavy (non-hydrogen) atoms. The van der Waals surface area contributed by atoms with E-state index in [4.69, 9.17) is 14.6 Å². The third-order valence-electron chi connectivity index (χ3n) is 2.92. The van der Waals surface area contributed by atoms with Crippen molar-refractivity contribution >= 4 is 5.97 Å². The Balaban J connectivity index is 2.37. The van der Waals surface area contributed by atoms with Gasteiger partial charge in [0, 0.05) is 11.8 Å². The molecule has 0 aliphatic carbocycles. The summed E-state index contributed by atoms with van der Waals surface area (Å²) in [5, 5.41) is 12.1. The van der Waals surface area contributed by atoms with Crippen molar-refractivity contribution in [3.05, 3.63) is 35.7 Å². The summed E-state index contributed by atoms with van der Waals surface area (Å²) < 4.78 is 49.3. The van der Waals surface area contributed by atoms with Gasteiger partial charge in [0.15, 0.2) is 23.8 Å². The molecule has 2 rings (SSSR count). The van der Waals surface area contributed by atoms with Crippen LogP contribution in [0.5, 0.6) is 11.5 Å². The molecular formula is C14H13F3N2O4. The fourth-order valence-electron chi connectivity index (χ4n) is 1.92. The first kappa shape index (κ1) is 16.7. The Labute approximate surface area is 129 Å². The SMILES string of the molecule is COc1cc(-n2nc(C(F)(F)F)cc2C)ccc1OCC(=O)O. The smallest absolute Gasteiger partial charge is 0.435 e. The number of aryl methyl sites for hydroxylation is 1. The van der Waals surface area contributed by atoms with E-state index in [0.29, 0.717) is 11.4 Å². The predicted molar refractivity (Wildman–Crippen MR) is 73.0 cm³/mol. The molecule has 0 unspecified atom stereocenters. The number of aliphatic carboxylic acids is 1. The fraction of sp³-hybridized carbons (Fsp3) is 0.286. The fourth-order valence-corrected chi connectivity index (χ4v) is 1.92. The number of rotatable bonds is 5. The average Bonchev–Trinajstić information content (AvgIpc) is 2.87. The average molecular weight is 330 g/mol. The summed E-state index contributed by atoms with van der Waals surface area (Å²) >= 11 is 0. The standard InChI is InChI=1S/C14H13F3N2O4/c1-8-5-12(14(15,16)17)18-19(8)9-3-4-10(11(6-9)22-2)23-7-13(20)21/h3-6H,7H2,1-2H3,(H,20,21). The van der Waals surface area contributed by atoms with Gasteiger partial charge in [0.25, 0.3) is 0 Å². The number of methoxy groups -OCH3 is 1. The molecule has 124 valence electrons. The van der Waals surface area contributed by atoms with Crippen LogP contribution in [0.15, 0.2) is 24.3 Å². The predicted octanol–water partition coefficient (Wildman–Crippen LogP) is 2.67. The molecule has 0 bridgehead atoms. The molecule has 1 N–H and O–H groups in total. The molecule has 0 fully saturated rings. The van der Waals surface area contributed by atoms with Gasteiger partial charge in [-0.3, -0.25) is 0 Å². The van der Waals surface area contributed by atoms with Gasteiger partial charge in [-0.2, -0.15) is 18.3 Å². The minimum absolute atomic E-state index is 0.166. The molecule has 1 aromatic carbocycles. The summed E-state index contributed by atoms with van der Waals surface area (Å²) in [5.41, 5.74) is -0.378. The zero-order chi connectivity index (χ0) is 17.2. The quantitative estimate of drug-likeness (QED) is 0.912. The zero-order valence-electron chi connectivity index (χ0n) is 12.2. The molecule has 1 heterocycles. The van der Waals surface area contributed by atoms with E-state index in [2.05, 4.69) is 5.10 Å². The van der Waals surface area contributed by atoms with E-state index in [1.807, 2.05) is 0 Å². The van der Waals surface area contributed by atoms with Crippen molar-refractivity contribution < 1.29 is 32.5 Å². The number of nitrogens with zero attached hydrogens (tertiary/aromatic N) is 2. The maximum atomic E-state index is 12.7. The van der Waals surface area contributed by atoms with E-state index < -0.39 is 24.4 Å². The maximum Gasteiger partial charge on any atom is 0.435 e. The highest BCUT2D eigenvalue weighted by Gasteiger charge is 2.34. The van der Waals surface area contributed by atoms with Crippen molar-refractivity contribution in [2.24, 2.45) is 0 Å². The zero-order valence-corrected chi connectivity index (χ0v) is 12.2. The molecule has 0 atom stereocenters. The molecule has 2 aromatic rings. The molecule has 0 aliphatic rings. The van der Waals surface area contributed by atoms with Gasteiger partial charge in [-0.05, 0) is 25.1 Å². The monoisotopic (exact) mass is 330 g/mol. The second-order valence-corrected chi connectivity index (χ2v) is 4.60. The second-order valence-electron chi connectivity index (χ2n) is 4.60. The van der Waals surface area contributed by atoms with Crippen molar-refractivity contribution in [2.45, 2.75) is 13.1 Å². The van der Waals surface area contributed by atoms with E-state index in [-0.39, 0.29) is 11.5 Å². The molecule has 6 nitrogen and oxygen atoms in total. The number of aromatic nitrogens is 2. The third-order valence-corrected chi connectivity index (χ3v) is 2.92. The highest BCUT2D eigenvalue weighted by atomic mass is 19.4. The van der Waals surface area contributed by atoms with E-state index in [1.54, 1.807) is 0 Å². The number of hydrogen-bond donors (Lipinski definition) is 1. The van der Waals surface area contributed by atoms with Crippen molar-refractivity contribution in [1.82, 2.24) is 9.78 Å². The van der Waals surface area contributed by atoms with Crippen molar-refractivity contribution in [3.63, 3.8) is 0 Å². The van der Waals surface area contributed by atoms with Crippen LogP contribution in [-0.2, 0) is 11.0 Å². The Morgan fingerprint density at radius 1 is 1.30 bits per heavy atom. The van der Waals surface area contributed by atoms with Crippen LogP contribution in [0.4, 0.5) is 13.2 Å². The second kappa shape index (κ2) is 6.19. The Kier molecular flexibility index (Phi) is 4.48. The largest absolute Gasteiger partial charge is 0.493 e. The van der Waals surface area contributed by atoms with Gasteiger partial charge < -0.3 is 14.6 Å². The molecule has 0 aliphatic heterocycles. The lowest BCUT2D eigenvalue weighted by atomic mass is 10.2. The number of carboxylic acids is 1. The van der Waals surface area contributed by atoms with E-state index >= 15 is 0 Å². The van der Waals surface area contributed by atoms with E-state index in [1.165, 1.54) is 32.2 Å². The van der Waals surface area contributed by atoms with Crippen molar-refractivity contribution in [3.8, 4) is 17.2 Å². The summed E-state index contributed by atoms with van der Waals surface area (Å²) in [7, 11) is 1.34. The molecule has 0 amide bonds. The number of ether oxygens (including phenoxy) is 2. The lowest BCUT2D eigenvalue weighted by Gasteiger charge is -2.12. The van der Waals surface area contributed by atoms with Crippen LogP contribution in [0.2, 0.25) is 0 Å². The van der Waals surface area contributed by atoms with Gasteiger partial charge in [-0.1, -0.05) is 0 Å². The number of carboxylic acid groups (broad SMARTS) is 1. The van der Waals surface area contributed by atoms with Crippen LogP contribution in [0.3, 0.4) is 0 Å². The first-order valence-corrected chi connectivity index (χ1v) is 6.39. The molecule has 0 saturated carbocycles. The van der Waals surface area contributed by atoms with E-state index in [0.717, 1.165) is 10.7 Å². The van der Waals surface area contributed by atoms with Gasteiger partial charge in [-0.15, -0.1) is 0 Å². The van der Waals surface area contributed by atoms with Crippen molar-refractivity contribution in [2.75, 3.05) is 13.7 Å².